The number of esters is 1. The van der Waals surface area contributed by atoms with Crippen LogP contribution in [0.2, 0.25) is 0 Å². The second kappa shape index (κ2) is 8.08. The summed E-state index contributed by atoms with van der Waals surface area (Å²) in [4.78, 5) is 26.3. The van der Waals surface area contributed by atoms with Gasteiger partial charge in [0.2, 0.25) is 12.5 Å². The van der Waals surface area contributed by atoms with Gasteiger partial charge in [0.1, 0.15) is 0 Å². The molecular formula is C24H30O8. The largest absolute Gasteiger partial charge is 0.493 e. The Labute approximate surface area is 187 Å². The first-order valence-corrected chi connectivity index (χ1v) is 10.7. The van der Waals surface area contributed by atoms with Crippen molar-refractivity contribution in [3.63, 3.8) is 0 Å². The van der Waals surface area contributed by atoms with Crippen molar-refractivity contribution in [3.05, 3.63) is 30.4 Å². The summed E-state index contributed by atoms with van der Waals surface area (Å²) in [6, 6.07) is 3.70. The second-order valence-electron chi connectivity index (χ2n) is 8.71. The molecule has 0 unspecified atom stereocenters. The molecule has 1 aliphatic heterocycles. The number of carbonyl (C=O) groups excluding carboxylic acids is 2. The van der Waals surface area contributed by atoms with Crippen LogP contribution in [-0.4, -0.2) is 57.7 Å². The van der Waals surface area contributed by atoms with Crippen LogP contribution < -0.4 is 14.2 Å². The van der Waals surface area contributed by atoms with Crippen LogP contribution in [-0.2, 0) is 23.8 Å². The van der Waals surface area contributed by atoms with Crippen molar-refractivity contribution < 1.29 is 38.0 Å². The Balaban J connectivity index is 1.96. The summed E-state index contributed by atoms with van der Waals surface area (Å²) < 4.78 is 34.3. The number of ketones is 1. The fourth-order valence-electron chi connectivity index (χ4n) is 6.12. The number of methoxy groups -OCH3 is 3. The Kier molecular flexibility index (Phi) is 5.71. The third kappa shape index (κ3) is 2.89. The Morgan fingerprint density at radius 3 is 2.62 bits per heavy atom. The van der Waals surface area contributed by atoms with E-state index in [-0.39, 0.29) is 18.5 Å². The minimum absolute atomic E-state index is 0.0892. The maximum Gasteiger partial charge on any atom is 0.303 e. The zero-order valence-electron chi connectivity index (χ0n) is 19.1. The average molecular weight is 446 g/mol. The third-order valence-electron chi connectivity index (χ3n) is 7.45. The van der Waals surface area contributed by atoms with Gasteiger partial charge in [-0.15, -0.1) is 6.58 Å². The highest BCUT2D eigenvalue weighted by Gasteiger charge is 2.75. The maximum atomic E-state index is 14.2. The van der Waals surface area contributed by atoms with E-state index in [1.165, 1.54) is 14.0 Å². The predicted molar refractivity (Wildman–Crippen MR) is 114 cm³/mol. The summed E-state index contributed by atoms with van der Waals surface area (Å²) in [5.74, 6) is 0.350. The average Bonchev–Trinajstić information content (AvgIpc) is 3.29. The van der Waals surface area contributed by atoms with Gasteiger partial charge >= 0.3 is 5.97 Å². The summed E-state index contributed by atoms with van der Waals surface area (Å²) in [7, 11) is 4.60. The first kappa shape index (κ1) is 22.6. The van der Waals surface area contributed by atoms with E-state index in [1.54, 1.807) is 20.3 Å². The van der Waals surface area contributed by atoms with Crippen molar-refractivity contribution in [1.82, 2.24) is 0 Å². The molecule has 0 radical (unpaired) electrons. The van der Waals surface area contributed by atoms with Crippen molar-refractivity contribution in [2.24, 2.45) is 11.3 Å². The third-order valence-corrected chi connectivity index (χ3v) is 7.45. The van der Waals surface area contributed by atoms with Crippen molar-refractivity contribution in [3.8, 4) is 17.2 Å². The van der Waals surface area contributed by atoms with Gasteiger partial charge in [-0.2, -0.15) is 0 Å². The first-order chi connectivity index (χ1) is 15.3. The number of fused-ring (bicyclic) bond motifs is 3. The van der Waals surface area contributed by atoms with Crippen LogP contribution >= 0.6 is 0 Å². The molecule has 1 heterocycles. The number of allylic oxidation sites excluding steroid dienone is 1. The lowest BCUT2D eigenvalue weighted by Gasteiger charge is -2.46. The first-order valence-electron chi connectivity index (χ1n) is 10.7. The summed E-state index contributed by atoms with van der Waals surface area (Å²) in [6.45, 7) is 7.34. The maximum absolute atomic E-state index is 14.2. The minimum atomic E-state index is -1.44. The summed E-state index contributed by atoms with van der Waals surface area (Å²) >= 11 is 0. The molecule has 2 fully saturated rings. The van der Waals surface area contributed by atoms with Gasteiger partial charge in [-0.3, -0.25) is 9.59 Å². The predicted octanol–water partition coefficient (Wildman–Crippen LogP) is 3.02. The van der Waals surface area contributed by atoms with Gasteiger partial charge in [-0.1, -0.05) is 13.0 Å². The molecule has 8 heteroatoms. The van der Waals surface area contributed by atoms with E-state index in [1.807, 2.05) is 19.1 Å². The van der Waals surface area contributed by atoms with E-state index in [0.717, 1.165) is 5.56 Å². The zero-order chi connectivity index (χ0) is 23.3. The molecule has 32 heavy (non-hydrogen) atoms. The molecular weight excluding hydrogens is 416 g/mol. The van der Waals surface area contributed by atoms with Crippen LogP contribution in [0.4, 0.5) is 0 Å². The summed E-state index contributed by atoms with van der Waals surface area (Å²) in [5.41, 5.74) is -1.43. The van der Waals surface area contributed by atoms with E-state index in [4.69, 9.17) is 28.4 Å². The van der Waals surface area contributed by atoms with Crippen molar-refractivity contribution in [2.75, 3.05) is 28.1 Å². The van der Waals surface area contributed by atoms with Crippen LogP contribution in [0.25, 0.3) is 0 Å². The fraction of sp³-hybridized carbons (Fsp3) is 0.583. The SMILES string of the molecule is C=CC[C@]12C[C@H](OC)[C@H](OC(C)=O)[C@](OC)(C1=O)[C@H](c1cc(OC)c3c(c1)OCO3)[C@H]2C. The van der Waals surface area contributed by atoms with Crippen molar-refractivity contribution in [2.45, 2.75) is 50.4 Å². The number of hydrogen-bond acceptors (Lipinski definition) is 8. The molecule has 3 aliphatic rings. The second-order valence-corrected chi connectivity index (χ2v) is 8.71. The molecule has 4 rings (SSSR count). The fourth-order valence-corrected chi connectivity index (χ4v) is 6.12. The number of hydrogen-bond donors (Lipinski definition) is 0. The molecule has 2 bridgehead atoms. The molecule has 2 saturated carbocycles. The number of carbonyl (C=O) groups is 2. The van der Waals surface area contributed by atoms with Gasteiger partial charge in [0, 0.05) is 32.5 Å². The van der Waals surface area contributed by atoms with Gasteiger partial charge in [0.25, 0.3) is 0 Å². The van der Waals surface area contributed by atoms with E-state index >= 15 is 0 Å². The van der Waals surface area contributed by atoms with Gasteiger partial charge < -0.3 is 28.4 Å². The van der Waals surface area contributed by atoms with Gasteiger partial charge in [0.15, 0.2) is 29.0 Å². The van der Waals surface area contributed by atoms with E-state index in [2.05, 4.69) is 6.58 Å². The molecule has 0 aromatic heterocycles. The number of benzene rings is 1. The lowest BCUT2D eigenvalue weighted by Crippen LogP contribution is -2.64. The molecule has 1 aromatic rings. The molecule has 0 amide bonds. The van der Waals surface area contributed by atoms with Gasteiger partial charge in [-0.05, 0) is 36.5 Å². The molecule has 1 aromatic carbocycles. The van der Waals surface area contributed by atoms with Gasteiger partial charge in [-0.25, -0.2) is 0 Å². The highest BCUT2D eigenvalue weighted by molar-refractivity contribution is 5.99. The zero-order valence-corrected chi connectivity index (χ0v) is 19.1. The molecule has 8 nitrogen and oxygen atoms in total. The number of rotatable bonds is 7. The lowest BCUT2D eigenvalue weighted by atomic mass is 9.66. The number of ether oxygens (including phenoxy) is 6. The standard InChI is InChI=1S/C24H30O8/c1-7-8-23-11-18(28-5)21(32-14(3)25)24(29-6,22(23)26)19(13(23)2)15-9-16(27-4)20-17(10-15)30-12-31-20/h7,9-10,13,18-19,21H,1,8,11-12H2,2-6H3/t13-,18+,19+,21+,23-,24+/m1/s1. The van der Waals surface area contributed by atoms with Crippen molar-refractivity contribution >= 4 is 11.8 Å². The molecule has 0 saturated heterocycles. The molecule has 174 valence electrons. The molecule has 2 aliphatic carbocycles. The van der Waals surface area contributed by atoms with Gasteiger partial charge in [0.05, 0.1) is 13.2 Å². The van der Waals surface area contributed by atoms with E-state index in [9.17, 15) is 9.59 Å². The van der Waals surface area contributed by atoms with Crippen molar-refractivity contribution in [1.29, 1.82) is 0 Å². The summed E-state index contributed by atoms with van der Waals surface area (Å²) in [6.07, 6.45) is 1.20. The highest BCUT2D eigenvalue weighted by atomic mass is 16.7. The molecule has 0 spiro atoms. The van der Waals surface area contributed by atoms with Crippen LogP contribution in [0.3, 0.4) is 0 Å². The topological polar surface area (TPSA) is 89.5 Å². The number of Topliss-reactive ketones (excluding diaryl/α,β-unsaturated/α-hetero) is 1. The highest BCUT2D eigenvalue weighted by Crippen LogP contribution is 2.65. The van der Waals surface area contributed by atoms with Crippen LogP contribution in [0.5, 0.6) is 17.2 Å². The smallest absolute Gasteiger partial charge is 0.303 e. The Bertz CT molecular complexity index is 942. The van der Waals surface area contributed by atoms with Crippen LogP contribution in [0, 0.1) is 11.3 Å². The molecule has 6 atom stereocenters. The monoisotopic (exact) mass is 446 g/mol. The molecule has 0 N–H and O–H groups in total. The lowest BCUT2D eigenvalue weighted by molar-refractivity contribution is -0.204. The Morgan fingerprint density at radius 1 is 1.28 bits per heavy atom. The van der Waals surface area contributed by atoms with E-state index < -0.39 is 35.1 Å². The Morgan fingerprint density at radius 2 is 2.03 bits per heavy atom. The minimum Gasteiger partial charge on any atom is -0.493 e. The summed E-state index contributed by atoms with van der Waals surface area (Å²) in [5, 5.41) is 0. The van der Waals surface area contributed by atoms with E-state index in [0.29, 0.717) is 30.1 Å². The van der Waals surface area contributed by atoms with Crippen LogP contribution in [0.1, 0.15) is 38.2 Å². The van der Waals surface area contributed by atoms with Crippen LogP contribution in [0.15, 0.2) is 24.8 Å². The Hall–Kier alpha value is -2.58. The quantitative estimate of drug-likeness (QED) is 0.466. The normalized spacial score (nSPS) is 35.0.